The van der Waals surface area contributed by atoms with Gasteiger partial charge < -0.3 is 19.1 Å². The lowest BCUT2D eigenvalue weighted by Gasteiger charge is -2.34. The molecule has 0 radical (unpaired) electrons. The van der Waals surface area contributed by atoms with E-state index < -0.39 is 11.2 Å². The lowest BCUT2D eigenvalue weighted by Crippen LogP contribution is -2.47. The van der Waals surface area contributed by atoms with Gasteiger partial charge in [0.05, 0.1) is 0 Å². The Bertz CT molecular complexity index is 1210. The van der Waals surface area contributed by atoms with Crippen molar-refractivity contribution in [3.63, 3.8) is 0 Å². The van der Waals surface area contributed by atoms with Crippen molar-refractivity contribution in [2.75, 3.05) is 33.2 Å². The largest absolute Gasteiger partial charge is 0.403 e. The molecule has 3 heterocycles. The van der Waals surface area contributed by atoms with Crippen LogP contribution in [0.2, 0.25) is 0 Å². The molecule has 0 saturated carbocycles. The van der Waals surface area contributed by atoms with Crippen LogP contribution in [0.1, 0.15) is 24.5 Å². The molecular formula is C23H27N5O4. The quantitative estimate of drug-likeness (QED) is 0.357. The number of piperazine rings is 1. The Morgan fingerprint density at radius 2 is 1.94 bits per heavy atom. The van der Waals surface area contributed by atoms with Crippen molar-refractivity contribution in [3.05, 3.63) is 68.3 Å². The average Bonchev–Trinajstić information content (AvgIpc) is 2.79. The number of fused-ring (bicyclic) bond motifs is 1. The molecule has 1 fully saturated rings. The minimum atomic E-state index is -0.553. The van der Waals surface area contributed by atoms with Crippen molar-refractivity contribution in [1.82, 2.24) is 19.8 Å². The van der Waals surface area contributed by atoms with Crippen molar-refractivity contribution in [2.24, 2.45) is 5.16 Å². The monoisotopic (exact) mass is 437 g/mol. The fourth-order valence-corrected chi connectivity index (χ4v) is 3.77. The number of hydrogen-bond acceptors (Lipinski definition) is 7. The Labute approximate surface area is 185 Å². The maximum absolute atomic E-state index is 12.6. The van der Waals surface area contributed by atoms with Crippen LogP contribution >= 0.6 is 0 Å². The number of aromatic amines is 1. The molecule has 9 heteroatoms. The number of aromatic nitrogens is 2. The van der Waals surface area contributed by atoms with Gasteiger partial charge in [0.2, 0.25) is 5.71 Å². The highest BCUT2D eigenvalue weighted by Gasteiger charge is 2.19. The Balaban J connectivity index is 1.60. The van der Waals surface area contributed by atoms with Crippen molar-refractivity contribution in [1.29, 1.82) is 0 Å². The van der Waals surface area contributed by atoms with E-state index >= 15 is 0 Å². The SMILES string of the molecule is CCc1cc(=O)oc2nc(ON=C(CCc3ccccc3)N3CCN(C)CC3)[nH]c(=O)c12. The zero-order valence-electron chi connectivity index (χ0n) is 18.3. The van der Waals surface area contributed by atoms with Crippen LogP contribution in [0.15, 0.2) is 55.6 Å². The number of aryl methyl sites for hydroxylation is 2. The number of rotatable bonds is 6. The number of hydrogen-bond donors (Lipinski definition) is 1. The molecule has 0 bridgehead atoms. The third-order valence-electron chi connectivity index (χ3n) is 5.64. The van der Waals surface area contributed by atoms with Crippen molar-refractivity contribution in [3.8, 4) is 6.01 Å². The summed E-state index contributed by atoms with van der Waals surface area (Å²) in [5.41, 5.74) is 0.768. The smallest absolute Gasteiger partial charge is 0.337 e. The van der Waals surface area contributed by atoms with Crippen molar-refractivity contribution < 1.29 is 9.25 Å². The Kier molecular flexibility index (Phi) is 6.65. The van der Waals surface area contributed by atoms with Crippen LogP contribution in [0.5, 0.6) is 6.01 Å². The summed E-state index contributed by atoms with van der Waals surface area (Å²) >= 11 is 0. The Morgan fingerprint density at radius 3 is 2.66 bits per heavy atom. The van der Waals surface area contributed by atoms with E-state index in [0.717, 1.165) is 38.4 Å². The minimum absolute atomic E-state index is 0.0475. The third-order valence-corrected chi connectivity index (χ3v) is 5.64. The topological polar surface area (TPSA) is 104 Å². The van der Waals surface area contributed by atoms with Gasteiger partial charge in [0.1, 0.15) is 11.2 Å². The van der Waals surface area contributed by atoms with Gasteiger partial charge >= 0.3 is 11.6 Å². The summed E-state index contributed by atoms with van der Waals surface area (Å²) in [6, 6.07) is 11.4. The van der Waals surface area contributed by atoms with Crippen LogP contribution in [-0.4, -0.2) is 58.8 Å². The van der Waals surface area contributed by atoms with Gasteiger partial charge in [-0.2, -0.15) is 4.98 Å². The highest BCUT2D eigenvalue weighted by atomic mass is 16.6. The zero-order valence-corrected chi connectivity index (χ0v) is 18.3. The zero-order chi connectivity index (χ0) is 22.5. The first-order valence-electron chi connectivity index (χ1n) is 10.8. The van der Waals surface area contributed by atoms with E-state index in [0.29, 0.717) is 18.4 Å². The van der Waals surface area contributed by atoms with Crippen LogP contribution in [-0.2, 0) is 12.8 Å². The second-order valence-electron chi connectivity index (χ2n) is 7.87. The maximum Gasteiger partial charge on any atom is 0.337 e. The summed E-state index contributed by atoms with van der Waals surface area (Å²) in [7, 11) is 2.09. The van der Waals surface area contributed by atoms with E-state index in [1.54, 1.807) is 0 Å². The molecule has 9 nitrogen and oxygen atoms in total. The lowest BCUT2D eigenvalue weighted by molar-refractivity contribution is 0.205. The van der Waals surface area contributed by atoms with Gasteiger partial charge in [-0.15, -0.1) is 0 Å². The number of oxime groups is 1. The van der Waals surface area contributed by atoms with Crippen molar-refractivity contribution >= 4 is 16.9 Å². The number of amidine groups is 1. The molecule has 0 aliphatic carbocycles. The Morgan fingerprint density at radius 1 is 1.19 bits per heavy atom. The van der Waals surface area contributed by atoms with E-state index in [2.05, 4.69) is 44.1 Å². The van der Waals surface area contributed by atoms with Crippen LogP contribution < -0.4 is 16.0 Å². The fraction of sp³-hybridized carbons (Fsp3) is 0.391. The van der Waals surface area contributed by atoms with Crippen molar-refractivity contribution in [2.45, 2.75) is 26.2 Å². The molecule has 1 N–H and O–H groups in total. The second kappa shape index (κ2) is 9.78. The first-order chi connectivity index (χ1) is 15.5. The first-order valence-corrected chi connectivity index (χ1v) is 10.8. The molecule has 2 aromatic heterocycles. The molecule has 1 aliphatic heterocycles. The number of H-pyrrole nitrogens is 1. The molecule has 0 atom stereocenters. The van der Waals surface area contributed by atoms with E-state index in [-0.39, 0.29) is 17.1 Å². The van der Waals surface area contributed by atoms with E-state index in [1.807, 2.05) is 25.1 Å². The van der Waals surface area contributed by atoms with Crippen LogP contribution in [0.4, 0.5) is 0 Å². The fourth-order valence-electron chi connectivity index (χ4n) is 3.77. The van der Waals surface area contributed by atoms with Crippen LogP contribution in [0.3, 0.4) is 0 Å². The molecule has 1 aromatic carbocycles. The molecule has 3 aromatic rings. The van der Waals surface area contributed by atoms with Crippen LogP contribution in [0, 0.1) is 0 Å². The molecule has 1 saturated heterocycles. The lowest BCUT2D eigenvalue weighted by atomic mass is 10.1. The summed E-state index contributed by atoms with van der Waals surface area (Å²) in [6.45, 7) is 5.39. The second-order valence-corrected chi connectivity index (χ2v) is 7.87. The van der Waals surface area contributed by atoms with E-state index in [1.165, 1.54) is 11.6 Å². The van der Waals surface area contributed by atoms with E-state index in [4.69, 9.17) is 9.25 Å². The van der Waals surface area contributed by atoms with Gasteiger partial charge in [-0.1, -0.05) is 42.4 Å². The molecule has 168 valence electrons. The number of nitrogens with one attached hydrogen (secondary N) is 1. The first kappa shape index (κ1) is 21.8. The van der Waals surface area contributed by atoms with Crippen LogP contribution in [0.25, 0.3) is 11.1 Å². The Hall–Kier alpha value is -3.46. The standard InChI is InChI=1S/C23H27N5O4/c1-3-17-15-19(29)31-22-20(17)21(30)24-23(25-22)32-26-18(28-13-11-27(2)12-14-28)10-9-16-7-5-4-6-8-16/h4-8,15H,3,9-14H2,1-2H3,(H,24,25,30). The predicted octanol–water partition coefficient (Wildman–Crippen LogP) is 2.01. The van der Waals surface area contributed by atoms with Gasteiger partial charge in [-0.05, 0) is 31.0 Å². The van der Waals surface area contributed by atoms with Gasteiger partial charge in [-0.25, -0.2) is 4.79 Å². The number of benzene rings is 1. The summed E-state index contributed by atoms with van der Waals surface area (Å²) in [6.07, 6.45) is 2.00. The summed E-state index contributed by atoms with van der Waals surface area (Å²) in [5, 5.41) is 4.60. The molecular weight excluding hydrogens is 410 g/mol. The third kappa shape index (κ3) is 5.05. The minimum Gasteiger partial charge on any atom is -0.403 e. The van der Waals surface area contributed by atoms with Gasteiger partial charge in [0.15, 0.2) is 0 Å². The molecule has 0 amide bonds. The number of nitrogens with zero attached hydrogens (tertiary/aromatic N) is 4. The molecule has 0 spiro atoms. The summed E-state index contributed by atoms with van der Waals surface area (Å²) in [4.78, 5) is 41.2. The molecule has 1 aliphatic rings. The van der Waals surface area contributed by atoms with Gasteiger partial charge in [-0.3, -0.25) is 9.78 Å². The molecule has 0 unspecified atom stereocenters. The maximum atomic E-state index is 12.6. The molecule has 4 rings (SSSR count). The van der Waals surface area contributed by atoms with E-state index in [9.17, 15) is 9.59 Å². The summed E-state index contributed by atoms with van der Waals surface area (Å²) in [5.74, 6) is 0.786. The average molecular weight is 438 g/mol. The highest BCUT2D eigenvalue weighted by Crippen LogP contribution is 2.14. The number of likely N-dealkylation sites (N-methyl/N-ethyl adjacent to an activating group) is 1. The van der Waals surface area contributed by atoms with Gasteiger partial charge in [0, 0.05) is 38.7 Å². The normalized spacial score (nSPS) is 15.3. The highest BCUT2D eigenvalue weighted by molar-refractivity contribution is 5.82. The predicted molar refractivity (Wildman–Crippen MR) is 122 cm³/mol. The summed E-state index contributed by atoms with van der Waals surface area (Å²) < 4.78 is 5.13. The van der Waals surface area contributed by atoms with Gasteiger partial charge in [0.25, 0.3) is 5.56 Å². The molecule has 32 heavy (non-hydrogen) atoms.